The minimum atomic E-state index is -0.499. The number of carbonyl (C=O) groups excluding carboxylic acids is 1. The first-order chi connectivity index (χ1) is 13.5. The van der Waals surface area contributed by atoms with Crippen LogP contribution in [0, 0.1) is 0 Å². The molecule has 0 fully saturated rings. The van der Waals surface area contributed by atoms with Crippen molar-refractivity contribution in [3.63, 3.8) is 0 Å². The van der Waals surface area contributed by atoms with Crippen LogP contribution in [0.25, 0.3) is 0 Å². The molecule has 152 valence electrons. The minimum Gasteiger partial charge on any atom is -0.497 e. The van der Waals surface area contributed by atoms with Gasteiger partial charge in [0.15, 0.2) is 6.10 Å². The smallest absolute Gasteiger partial charge is 0.261 e. The minimum absolute atomic E-state index is 0.0843. The summed E-state index contributed by atoms with van der Waals surface area (Å²) in [5.74, 6) is 2.22. The van der Waals surface area contributed by atoms with Crippen molar-refractivity contribution >= 4 is 5.91 Å². The van der Waals surface area contributed by atoms with Crippen LogP contribution >= 0.6 is 0 Å². The van der Waals surface area contributed by atoms with Gasteiger partial charge in [-0.25, -0.2) is 0 Å². The van der Waals surface area contributed by atoms with Crippen LogP contribution < -0.4 is 19.5 Å². The van der Waals surface area contributed by atoms with Crippen molar-refractivity contribution in [2.45, 2.75) is 52.2 Å². The summed E-state index contributed by atoms with van der Waals surface area (Å²) >= 11 is 0. The lowest BCUT2D eigenvalue weighted by Gasteiger charge is -2.17. The monoisotopic (exact) mass is 385 g/mol. The molecule has 0 aliphatic rings. The molecular weight excluding hydrogens is 354 g/mol. The Kier molecular flexibility index (Phi) is 8.66. The molecule has 0 aliphatic carbocycles. The molecule has 1 N–H and O–H groups in total. The average molecular weight is 386 g/mol. The van der Waals surface area contributed by atoms with E-state index in [1.165, 1.54) is 5.56 Å². The molecule has 0 bridgehead atoms. The molecule has 2 aromatic rings. The second-order valence-electron chi connectivity index (χ2n) is 6.90. The number of hydrogen-bond acceptors (Lipinski definition) is 4. The summed E-state index contributed by atoms with van der Waals surface area (Å²) in [6.07, 6.45) is 2.05. The van der Waals surface area contributed by atoms with Gasteiger partial charge >= 0.3 is 0 Å². The van der Waals surface area contributed by atoms with Gasteiger partial charge in [-0.1, -0.05) is 19.1 Å². The summed E-state index contributed by atoms with van der Waals surface area (Å²) < 4.78 is 16.6. The summed E-state index contributed by atoms with van der Waals surface area (Å²) in [6.45, 7) is 6.58. The molecule has 2 aromatic carbocycles. The molecule has 0 aliphatic heterocycles. The summed E-state index contributed by atoms with van der Waals surface area (Å²) in [7, 11) is 1.62. The fraction of sp³-hybridized carbons (Fsp3) is 0.435. The molecule has 1 amide bonds. The molecule has 2 rings (SSSR count). The number of ether oxygens (including phenoxy) is 3. The zero-order chi connectivity index (χ0) is 20.4. The van der Waals surface area contributed by atoms with Crippen LogP contribution in [0.5, 0.6) is 17.2 Å². The standard InChI is InChI=1S/C23H31NO4/c1-5-22(28-21-14-12-19(26-4)13-15-21)23(25)24-16-6-7-18-8-10-20(11-9-18)27-17(2)3/h8-15,17,22H,5-7,16H2,1-4H3,(H,24,25). The third-order valence-electron chi connectivity index (χ3n) is 4.24. The summed E-state index contributed by atoms with van der Waals surface area (Å²) in [4.78, 5) is 12.4. The maximum Gasteiger partial charge on any atom is 0.261 e. The number of rotatable bonds is 11. The third kappa shape index (κ3) is 7.14. The van der Waals surface area contributed by atoms with Crippen molar-refractivity contribution in [3.8, 4) is 17.2 Å². The van der Waals surface area contributed by atoms with E-state index in [1.54, 1.807) is 19.2 Å². The molecular formula is C23H31NO4. The zero-order valence-corrected chi connectivity index (χ0v) is 17.2. The number of methoxy groups -OCH3 is 1. The third-order valence-corrected chi connectivity index (χ3v) is 4.24. The van der Waals surface area contributed by atoms with Crippen molar-refractivity contribution in [2.75, 3.05) is 13.7 Å². The molecule has 1 unspecified atom stereocenters. The van der Waals surface area contributed by atoms with E-state index in [0.29, 0.717) is 18.7 Å². The van der Waals surface area contributed by atoms with E-state index in [9.17, 15) is 4.79 Å². The molecule has 0 spiro atoms. The highest BCUT2D eigenvalue weighted by molar-refractivity contribution is 5.81. The predicted octanol–water partition coefficient (Wildman–Crippen LogP) is 4.39. The number of carbonyl (C=O) groups is 1. The van der Waals surface area contributed by atoms with Gasteiger partial charge in [0, 0.05) is 6.54 Å². The Labute approximate surface area is 168 Å². The number of nitrogens with one attached hydrogen (secondary N) is 1. The van der Waals surface area contributed by atoms with Crippen LogP contribution in [-0.4, -0.2) is 31.8 Å². The SMILES string of the molecule is CCC(Oc1ccc(OC)cc1)C(=O)NCCCc1ccc(OC(C)C)cc1. The molecule has 1 atom stereocenters. The Morgan fingerprint density at radius 3 is 2.07 bits per heavy atom. The van der Waals surface area contributed by atoms with E-state index in [1.807, 2.05) is 45.0 Å². The topological polar surface area (TPSA) is 56.8 Å². The summed E-state index contributed by atoms with van der Waals surface area (Å²) in [5.41, 5.74) is 1.23. The Bertz CT molecular complexity index is 710. The second kappa shape index (κ2) is 11.2. The second-order valence-corrected chi connectivity index (χ2v) is 6.90. The maximum absolute atomic E-state index is 12.4. The van der Waals surface area contributed by atoms with Gasteiger partial charge in [-0.15, -0.1) is 0 Å². The van der Waals surface area contributed by atoms with Crippen molar-refractivity contribution < 1.29 is 19.0 Å². The average Bonchev–Trinajstić information content (AvgIpc) is 2.70. The highest BCUT2D eigenvalue weighted by Crippen LogP contribution is 2.19. The fourth-order valence-electron chi connectivity index (χ4n) is 2.77. The molecule has 5 nitrogen and oxygen atoms in total. The van der Waals surface area contributed by atoms with E-state index < -0.39 is 6.10 Å². The molecule has 0 saturated carbocycles. The van der Waals surface area contributed by atoms with Crippen molar-refractivity contribution in [3.05, 3.63) is 54.1 Å². The van der Waals surface area contributed by atoms with Gasteiger partial charge in [-0.2, -0.15) is 0 Å². The van der Waals surface area contributed by atoms with Gasteiger partial charge in [-0.3, -0.25) is 4.79 Å². The highest BCUT2D eigenvalue weighted by atomic mass is 16.5. The lowest BCUT2D eigenvalue weighted by atomic mass is 10.1. The number of benzene rings is 2. The van der Waals surface area contributed by atoms with Crippen LogP contribution in [0.1, 0.15) is 39.2 Å². The van der Waals surface area contributed by atoms with Gasteiger partial charge in [0.1, 0.15) is 17.2 Å². The lowest BCUT2D eigenvalue weighted by Crippen LogP contribution is -2.38. The molecule has 28 heavy (non-hydrogen) atoms. The van der Waals surface area contributed by atoms with E-state index in [-0.39, 0.29) is 12.0 Å². The van der Waals surface area contributed by atoms with E-state index in [2.05, 4.69) is 17.4 Å². The Morgan fingerprint density at radius 2 is 1.50 bits per heavy atom. The van der Waals surface area contributed by atoms with E-state index >= 15 is 0 Å². The van der Waals surface area contributed by atoms with Gasteiger partial charge in [-0.05, 0) is 75.1 Å². The first-order valence-electron chi connectivity index (χ1n) is 9.85. The Hall–Kier alpha value is -2.69. The molecule has 0 heterocycles. The molecule has 0 saturated heterocycles. The lowest BCUT2D eigenvalue weighted by molar-refractivity contribution is -0.128. The van der Waals surface area contributed by atoms with Gasteiger partial charge < -0.3 is 19.5 Å². The molecule has 5 heteroatoms. The quantitative estimate of drug-likeness (QED) is 0.583. The van der Waals surface area contributed by atoms with Crippen molar-refractivity contribution in [1.82, 2.24) is 5.32 Å². The first-order valence-corrected chi connectivity index (χ1v) is 9.85. The summed E-state index contributed by atoms with van der Waals surface area (Å²) in [6, 6.07) is 15.4. The highest BCUT2D eigenvalue weighted by Gasteiger charge is 2.17. The van der Waals surface area contributed by atoms with Crippen LogP contribution in [0.4, 0.5) is 0 Å². The largest absolute Gasteiger partial charge is 0.497 e. The molecule has 0 radical (unpaired) electrons. The maximum atomic E-state index is 12.4. The number of aryl methyl sites for hydroxylation is 1. The Morgan fingerprint density at radius 1 is 0.929 bits per heavy atom. The van der Waals surface area contributed by atoms with Crippen LogP contribution in [-0.2, 0) is 11.2 Å². The van der Waals surface area contributed by atoms with E-state index in [0.717, 1.165) is 24.3 Å². The normalized spacial score (nSPS) is 11.8. The summed E-state index contributed by atoms with van der Waals surface area (Å²) in [5, 5.41) is 2.97. The fourth-order valence-corrected chi connectivity index (χ4v) is 2.77. The number of amides is 1. The van der Waals surface area contributed by atoms with Gasteiger partial charge in [0.25, 0.3) is 5.91 Å². The number of hydrogen-bond donors (Lipinski definition) is 1. The first kappa shape index (κ1) is 21.6. The van der Waals surface area contributed by atoms with Crippen LogP contribution in [0.15, 0.2) is 48.5 Å². The molecule has 0 aromatic heterocycles. The van der Waals surface area contributed by atoms with Crippen LogP contribution in [0.3, 0.4) is 0 Å². The predicted molar refractivity (Wildman–Crippen MR) is 111 cm³/mol. The van der Waals surface area contributed by atoms with E-state index in [4.69, 9.17) is 14.2 Å². The van der Waals surface area contributed by atoms with Crippen LogP contribution in [0.2, 0.25) is 0 Å². The van der Waals surface area contributed by atoms with Gasteiger partial charge in [0.2, 0.25) is 0 Å². The van der Waals surface area contributed by atoms with Crippen molar-refractivity contribution in [1.29, 1.82) is 0 Å². The van der Waals surface area contributed by atoms with Gasteiger partial charge in [0.05, 0.1) is 13.2 Å². The zero-order valence-electron chi connectivity index (χ0n) is 17.2. The van der Waals surface area contributed by atoms with Crippen molar-refractivity contribution in [2.24, 2.45) is 0 Å². The Balaban J connectivity index is 1.73.